The van der Waals surface area contributed by atoms with Crippen LogP contribution < -0.4 is 11.1 Å². The van der Waals surface area contributed by atoms with Crippen LogP contribution in [0.3, 0.4) is 0 Å². The van der Waals surface area contributed by atoms with Gasteiger partial charge in [0.15, 0.2) is 0 Å². The average Bonchev–Trinajstić information content (AvgIpc) is 2.54. The second-order valence-corrected chi connectivity index (χ2v) is 5.32. The van der Waals surface area contributed by atoms with Gasteiger partial charge in [-0.05, 0) is 18.1 Å². The van der Waals surface area contributed by atoms with Crippen molar-refractivity contribution in [1.82, 2.24) is 5.32 Å². The van der Waals surface area contributed by atoms with E-state index in [4.69, 9.17) is 10.5 Å². The molecule has 0 bridgehead atoms. The second kappa shape index (κ2) is 7.73. The number of ether oxygens (including phenoxy) is 1. The second-order valence-electron chi connectivity index (χ2n) is 5.32. The van der Waals surface area contributed by atoms with Crippen molar-refractivity contribution >= 4 is 5.91 Å². The van der Waals surface area contributed by atoms with Crippen LogP contribution in [0.15, 0.2) is 54.6 Å². The van der Waals surface area contributed by atoms with Gasteiger partial charge in [0.05, 0.1) is 12.6 Å². The molecule has 0 aliphatic carbocycles. The van der Waals surface area contributed by atoms with Gasteiger partial charge in [0.1, 0.15) is 6.04 Å². The zero-order chi connectivity index (χ0) is 15.9. The van der Waals surface area contributed by atoms with Crippen molar-refractivity contribution in [2.24, 2.45) is 5.73 Å². The maximum Gasteiger partial charge on any atom is 0.240 e. The number of amides is 1. The smallest absolute Gasteiger partial charge is 0.240 e. The molecule has 0 heterocycles. The predicted molar refractivity (Wildman–Crippen MR) is 87.5 cm³/mol. The number of hydrogen-bond acceptors (Lipinski definition) is 3. The summed E-state index contributed by atoms with van der Waals surface area (Å²) in [6.45, 7) is 2.23. The first-order valence-corrected chi connectivity index (χ1v) is 7.28. The zero-order valence-electron chi connectivity index (χ0n) is 13.0. The molecule has 0 aliphatic rings. The van der Waals surface area contributed by atoms with Crippen LogP contribution in [-0.2, 0) is 9.53 Å². The van der Waals surface area contributed by atoms with Crippen molar-refractivity contribution in [3.05, 3.63) is 71.3 Å². The van der Waals surface area contributed by atoms with Gasteiger partial charge in [0.2, 0.25) is 5.91 Å². The highest BCUT2D eigenvalue weighted by Gasteiger charge is 2.20. The Balaban J connectivity index is 2.26. The van der Waals surface area contributed by atoms with Gasteiger partial charge in [-0.15, -0.1) is 0 Å². The summed E-state index contributed by atoms with van der Waals surface area (Å²) in [4.78, 5) is 12.2. The highest BCUT2D eigenvalue weighted by Crippen LogP contribution is 2.22. The van der Waals surface area contributed by atoms with Gasteiger partial charge >= 0.3 is 0 Å². The Morgan fingerprint density at radius 3 is 2.27 bits per heavy atom. The molecule has 0 radical (unpaired) electrons. The Morgan fingerprint density at radius 2 is 1.68 bits per heavy atom. The molecule has 2 rings (SSSR count). The first kappa shape index (κ1) is 16.2. The van der Waals surface area contributed by atoms with E-state index in [1.54, 1.807) is 0 Å². The highest BCUT2D eigenvalue weighted by atomic mass is 16.5. The van der Waals surface area contributed by atoms with Crippen molar-refractivity contribution in [1.29, 1.82) is 0 Å². The minimum atomic E-state index is -0.679. The molecule has 0 aromatic heterocycles. The van der Waals surface area contributed by atoms with E-state index in [1.165, 1.54) is 12.7 Å². The lowest BCUT2D eigenvalue weighted by atomic mass is 9.97. The summed E-state index contributed by atoms with van der Waals surface area (Å²) in [6, 6.07) is 17.1. The molecule has 22 heavy (non-hydrogen) atoms. The normalized spacial score (nSPS) is 13.4. The van der Waals surface area contributed by atoms with Crippen LogP contribution in [0.4, 0.5) is 0 Å². The molecular formula is C18H22N2O2. The van der Waals surface area contributed by atoms with Gasteiger partial charge < -0.3 is 15.8 Å². The van der Waals surface area contributed by atoms with Gasteiger partial charge in [-0.1, -0.05) is 60.2 Å². The molecule has 116 valence electrons. The molecule has 1 amide bonds. The standard InChI is InChI=1S/C18H22N2O2/c1-13-8-10-15(11-9-13)17(14-6-4-3-5-7-14)20-18(21)16(19)12-22-2/h3-11,16-17H,12,19H2,1-2H3,(H,20,21). The van der Waals surface area contributed by atoms with Crippen LogP contribution in [0.2, 0.25) is 0 Å². The van der Waals surface area contributed by atoms with Crippen molar-refractivity contribution in [3.8, 4) is 0 Å². The minimum absolute atomic E-state index is 0.196. The van der Waals surface area contributed by atoms with Crippen molar-refractivity contribution in [3.63, 3.8) is 0 Å². The van der Waals surface area contributed by atoms with Gasteiger partial charge in [0, 0.05) is 7.11 Å². The van der Waals surface area contributed by atoms with Crippen LogP contribution >= 0.6 is 0 Å². The number of nitrogens with one attached hydrogen (secondary N) is 1. The Morgan fingerprint density at radius 1 is 1.09 bits per heavy atom. The van der Waals surface area contributed by atoms with Crippen molar-refractivity contribution in [2.75, 3.05) is 13.7 Å². The molecule has 2 aromatic rings. The fourth-order valence-electron chi connectivity index (χ4n) is 2.27. The minimum Gasteiger partial charge on any atom is -0.383 e. The summed E-state index contributed by atoms with van der Waals surface area (Å²) in [5.41, 5.74) is 9.04. The molecule has 4 heteroatoms. The van der Waals surface area contributed by atoms with E-state index in [0.29, 0.717) is 0 Å². The van der Waals surface area contributed by atoms with Crippen molar-refractivity contribution in [2.45, 2.75) is 19.0 Å². The number of rotatable bonds is 6. The van der Waals surface area contributed by atoms with Crippen molar-refractivity contribution < 1.29 is 9.53 Å². The lowest BCUT2D eigenvalue weighted by Gasteiger charge is -2.22. The molecule has 2 unspecified atom stereocenters. The van der Waals surface area contributed by atoms with Gasteiger partial charge in [0.25, 0.3) is 0 Å². The first-order valence-electron chi connectivity index (χ1n) is 7.28. The third-order valence-electron chi connectivity index (χ3n) is 3.51. The van der Waals surface area contributed by atoms with E-state index < -0.39 is 6.04 Å². The topological polar surface area (TPSA) is 64.3 Å². The summed E-state index contributed by atoms with van der Waals surface area (Å²) in [5, 5.41) is 3.01. The molecule has 0 saturated heterocycles. The van der Waals surface area contributed by atoms with E-state index >= 15 is 0 Å². The number of methoxy groups -OCH3 is 1. The van der Waals surface area contributed by atoms with Crippen LogP contribution in [0.25, 0.3) is 0 Å². The number of nitrogens with two attached hydrogens (primary N) is 1. The van der Waals surface area contributed by atoms with E-state index in [0.717, 1.165) is 11.1 Å². The molecule has 0 saturated carbocycles. The molecular weight excluding hydrogens is 276 g/mol. The number of aryl methyl sites for hydroxylation is 1. The van der Waals surface area contributed by atoms with E-state index in [-0.39, 0.29) is 18.6 Å². The Hall–Kier alpha value is -2.17. The van der Waals surface area contributed by atoms with Gasteiger partial charge in [-0.3, -0.25) is 4.79 Å². The van der Waals surface area contributed by atoms with Crippen LogP contribution in [0.5, 0.6) is 0 Å². The largest absolute Gasteiger partial charge is 0.383 e. The molecule has 0 fully saturated rings. The third kappa shape index (κ3) is 4.16. The maximum atomic E-state index is 12.2. The van der Waals surface area contributed by atoms with Crippen LogP contribution in [0.1, 0.15) is 22.7 Å². The van der Waals surface area contributed by atoms with Gasteiger partial charge in [-0.25, -0.2) is 0 Å². The predicted octanol–water partition coefficient (Wildman–Crippen LogP) is 2.17. The summed E-state index contributed by atoms with van der Waals surface area (Å²) >= 11 is 0. The highest BCUT2D eigenvalue weighted by molar-refractivity contribution is 5.82. The lowest BCUT2D eigenvalue weighted by Crippen LogP contribution is -2.45. The number of hydrogen-bond donors (Lipinski definition) is 2. The Bertz CT molecular complexity index is 596. The zero-order valence-corrected chi connectivity index (χ0v) is 13.0. The van der Waals surface area contributed by atoms with E-state index in [9.17, 15) is 4.79 Å². The molecule has 2 aromatic carbocycles. The monoisotopic (exact) mass is 298 g/mol. The number of carbonyl (C=O) groups is 1. The summed E-state index contributed by atoms with van der Waals surface area (Å²) in [6.07, 6.45) is 0. The van der Waals surface area contributed by atoms with Crippen LogP contribution in [0, 0.1) is 6.92 Å². The molecule has 4 nitrogen and oxygen atoms in total. The van der Waals surface area contributed by atoms with E-state index in [2.05, 4.69) is 5.32 Å². The molecule has 0 aliphatic heterocycles. The third-order valence-corrected chi connectivity index (χ3v) is 3.51. The molecule has 2 atom stereocenters. The quantitative estimate of drug-likeness (QED) is 0.859. The van der Waals surface area contributed by atoms with Gasteiger partial charge in [-0.2, -0.15) is 0 Å². The molecule has 0 spiro atoms. The SMILES string of the molecule is COCC(N)C(=O)NC(c1ccccc1)c1ccc(C)cc1. The average molecular weight is 298 g/mol. The first-order chi connectivity index (χ1) is 10.6. The fourth-order valence-corrected chi connectivity index (χ4v) is 2.27. The molecule has 3 N–H and O–H groups in total. The number of benzene rings is 2. The summed E-state index contributed by atoms with van der Waals surface area (Å²) in [5.74, 6) is -0.226. The Kier molecular flexibility index (Phi) is 5.69. The Labute approximate surface area is 131 Å². The van der Waals surface area contributed by atoms with E-state index in [1.807, 2.05) is 61.5 Å². The maximum absolute atomic E-state index is 12.2. The summed E-state index contributed by atoms with van der Waals surface area (Å²) < 4.78 is 4.95. The summed E-state index contributed by atoms with van der Waals surface area (Å²) in [7, 11) is 1.53. The van der Waals surface area contributed by atoms with Crippen LogP contribution in [-0.4, -0.2) is 25.7 Å². The number of carbonyl (C=O) groups excluding carboxylic acids is 1. The fraction of sp³-hybridized carbons (Fsp3) is 0.278. The lowest BCUT2D eigenvalue weighted by molar-refractivity contribution is -0.123.